The van der Waals surface area contributed by atoms with Crippen LogP contribution >= 0.6 is 0 Å². The molecule has 25 heavy (non-hydrogen) atoms. The first-order chi connectivity index (χ1) is 11.8. The fourth-order valence-electron chi connectivity index (χ4n) is 2.81. The maximum Gasteiger partial charge on any atom is 0.326 e. The van der Waals surface area contributed by atoms with Crippen LogP contribution in [0.1, 0.15) is 36.5 Å². The molecule has 0 bridgehead atoms. The molecule has 1 aliphatic heterocycles. The number of carbonyl (C=O) groups is 3. The number of benzene rings is 1. The van der Waals surface area contributed by atoms with E-state index in [1.165, 1.54) is 4.90 Å². The van der Waals surface area contributed by atoms with Gasteiger partial charge in [-0.3, -0.25) is 9.59 Å². The topological polar surface area (TPSA) is 86.7 Å². The molecule has 1 atom stereocenters. The molecule has 0 spiro atoms. The zero-order valence-electron chi connectivity index (χ0n) is 13.8. The monoisotopic (exact) mass is 354 g/mol. The lowest BCUT2D eigenvalue weighted by Crippen LogP contribution is -2.47. The van der Waals surface area contributed by atoms with Gasteiger partial charge in [0, 0.05) is 25.1 Å². The number of carboxylic acids is 1. The summed E-state index contributed by atoms with van der Waals surface area (Å²) < 4.78 is 26.6. The van der Waals surface area contributed by atoms with E-state index in [0.717, 1.165) is 12.1 Å². The third-order valence-electron chi connectivity index (χ3n) is 4.34. The lowest BCUT2D eigenvalue weighted by Gasteiger charge is -2.32. The Morgan fingerprint density at radius 2 is 1.92 bits per heavy atom. The number of aliphatic carboxylic acids is 1. The number of piperidine rings is 1. The molecule has 1 aromatic rings. The summed E-state index contributed by atoms with van der Waals surface area (Å²) in [5, 5.41) is 11.5. The van der Waals surface area contributed by atoms with E-state index in [2.05, 4.69) is 5.32 Å². The van der Waals surface area contributed by atoms with E-state index < -0.39 is 35.5 Å². The molecule has 2 amide bonds. The zero-order chi connectivity index (χ0) is 18.6. The largest absolute Gasteiger partial charge is 0.480 e. The normalized spacial score (nSPS) is 16.4. The van der Waals surface area contributed by atoms with E-state index in [1.807, 2.05) is 0 Å². The molecule has 0 radical (unpaired) electrons. The minimum absolute atomic E-state index is 0.207. The van der Waals surface area contributed by atoms with Crippen molar-refractivity contribution in [2.45, 2.75) is 32.2 Å². The van der Waals surface area contributed by atoms with Gasteiger partial charge in [0.1, 0.15) is 17.7 Å². The summed E-state index contributed by atoms with van der Waals surface area (Å²) in [5.74, 6) is -4.06. The Bertz CT molecular complexity index is 673. The van der Waals surface area contributed by atoms with Crippen LogP contribution < -0.4 is 5.32 Å². The van der Waals surface area contributed by atoms with E-state index in [-0.39, 0.29) is 31.0 Å². The van der Waals surface area contributed by atoms with Crippen molar-refractivity contribution in [2.24, 2.45) is 5.92 Å². The van der Waals surface area contributed by atoms with Gasteiger partial charge >= 0.3 is 5.97 Å². The van der Waals surface area contributed by atoms with Crippen molar-refractivity contribution >= 4 is 17.8 Å². The number of hydrogen-bond acceptors (Lipinski definition) is 3. The van der Waals surface area contributed by atoms with Crippen molar-refractivity contribution < 1.29 is 28.3 Å². The van der Waals surface area contributed by atoms with Crippen LogP contribution in [0.15, 0.2) is 18.2 Å². The Labute approximate surface area is 143 Å². The van der Waals surface area contributed by atoms with Crippen LogP contribution in [0.3, 0.4) is 0 Å². The Kier molecular flexibility index (Phi) is 6.06. The lowest BCUT2D eigenvalue weighted by atomic mass is 9.95. The summed E-state index contributed by atoms with van der Waals surface area (Å²) in [6.45, 7) is 2.16. The Balaban J connectivity index is 1.93. The summed E-state index contributed by atoms with van der Waals surface area (Å²) in [7, 11) is 0. The van der Waals surface area contributed by atoms with E-state index >= 15 is 0 Å². The molecule has 6 nitrogen and oxygen atoms in total. The fourth-order valence-corrected chi connectivity index (χ4v) is 2.81. The van der Waals surface area contributed by atoms with Crippen LogP contribution in [0.25, 0.3) is 0 Å². The van der Waals surface area contributed by atoms with Crippen LogP contribution in [0.2, 0.25) is 0 Å². The average Bonchev–Trinajstić information content (AvgIpc) is 2.58. The maximum atomic E-state index is 13.7. The number of carbonyl (C=O) groups excluding carboxylic acids is 2. The third-order valence-corrected chi connectivity index (χ3v) is 4.34. The van der Waals surface area contributed by atoms with Crippen molar-refractivity contribution in [3.63, 3.8) is 0 Å². The van der Waals surface area contributed by atoms with Crippen LogP contribution in [-0.4, -0.2) is 46.9 Å². The summed E-state index contributed by atoms with van der Waals surface area (Å²) in [5.41, 5.74) is -0.207. The van der Waals surface area contributed by atoms with Gasteiger partial charge in [0.2, 0.25) is 5.91 Å². The first-order valence-corrected chi connectivity index (χ1v) is 8.11. The molecule has 2 rings (SSSR count). The molecule has 8 heteroatoms. The summed E-state index contributed by atoms with van der Waals surface area (Å²) in [4.78, 5) is 36.8. The van der Waals surface area contributed by atoms with E-state index in [9.17, 15) is 23.2 Å². The SMILES string of the molecule is CCC(NC(=O)C1CCN(C(=O)c2ccc(F)cc2F)CC1)C(=O)O. The molecule has 1 heterocycles. The fraction of sp³-hybridized carbons (Fsp3) is 0.471. The average molecular weight is 354 g/mol. The standard InChI is InChI=1S/C17H20F2N2O4/c1-2-14(17(24)25)20-15(22)10-5-7-21(8-6-10)16(23)12-4-3-11(18)9-13(12)19/h3-4,9-10,14H,2,5-8H2,1H3,(H,20,22)(H,24,25). The van der Waals surface area contributed by atoms with Crippen molar-refractivity contribution in [1.82, 2.24) is 10.2 Å². The minimum atomic E-state index is -1.09. The second-order valence-electron chi connectivity index (χ2n) is 6.00. The highest BCUT2D eigenvalue weighted by Crippen LogP contribution is 2.21. The minimum Gasteiger partial charge on any atom is -0.480 e. The van der Waals surface area contributed by atoms with Gasteiger partial charge in [-0.2, -0.15) is 0 Å². The van der Waals surface area contributed by atoms with Crippen LogP contribution in [-0.2, 0) is 9.59 Å². The van der Waals surface area contributed by atoms with Gasteiger partial charge in [-0.05, 0) is 31.4 Å². The van der Waals surface area contributed by atoms with Crippen molar-refractivity contribution in [2.75, 3.05) is 13.1 Å². The predicted molar refractivity (Wildman–Crippen MR) is 84.8 cm³/mol. The Hall–Kier alpha value is -2.51. The molecule has 1 unspecified atom stereocenters. The van der Waals surface area contributed by atoms with Crippen LogP contribution in [0.4, 0.5) is 8.78 Å². The number of nitrogens with one attached hydrogen (secondary N) is 1. The first kappa shape index (κ1) is 18.8. The second kappa shape index (κ2) is 8.04. The van der Waals surface area contributed by atoms with Gasteiger partial charge in [0.15, 0.2) is 0 Å². The molecule has 1 saturated heterocycles. The molecule has 0 aliphatic carbocycles. The predicted octanol–water partition coefficient (Wildman–Crippen LogP) is 1.80. The molecule has 2 N–H and O–H groups in total. The van der Waals surface area contributed by atoms with Gasteiger partial charge in [0.05, 0.1) is 5.56 Å². The first-order valence-electron chi connectivity index (χ1n) is 8.11. The molecule has 136 valence electrons. The Morgan fingerprint density at radius 1 is 1.28 bits per heavy atom. The van der Waals surface area contributed by atoms with Gasteiger partial charge in [-0.15, -0.1) is 0 Å². The molecule has 0 aromatic heterocycles. The van der Waals surface area contributed by atoms with Crippen molar-refractivity contribution in [3.8, 4) is 0 Å². The molecular formula is C17H20F2N2O4. The number of nitrogens with zero attached hydrogens (tertiary/aromatic N) is 1. The van der Waals surface area contributed by atoms with E-state index in [1.54, 1.807) is 6.92 Å². The highest BCUT2D eigenvalue weighted by Gasteiger charge is 2.30. The number of rotatable bonds is 5. The zero-order valence-corrected chi connectivity index (χ0v) is 13.8. The van der Waals surface area contributed by atoms with Gasteiger partial charge < -0.3 is 15.3 Å². The number of halogens is 2. The third kappa shape index (κ3) is 4.52. The lowest BCUT2D eigenvalue weighted by molar-refractivity contribution is -0.142. The van der Waals surface area contributed by atoms with Crippen molar-refractivity contribution in [3.05, 3.63) is 35.4 Å². The highest BCUT2D eigenvalue weighted by molar-refractivity contribution is 5.94. The van der Waals surface area contributed by atoms with Gasteiger partial charge in [0.25, 0.3) is 5.91 Å². The number of carboxylic acid groups (broad SMARTS) is 1. The highest BCUT2D eigenvalue weighted by atomic mass is 19.1. The number of hydrogen-bond donors (Lipinski definition) is 2. The molecule has 0 saturated carbocycles. The Morgan fingerprint density at radius 3 is 2.44 bits per heavy atom. The molecular weight excluding hydrogens is 334 g/mol. The van der Waals surface area contributed by atoms with E-state index in [4.69, 9.17) is 5.11 Å². The smallest absolute Gasteiger partial charge is 0.326 e. The van der Waals surface area contributed by atoms with Crippen LogP contribution in [0, 0.1) is 17.6 Å². The van der Waals surface area contributed by atoms with Crippen molar-refractivity contribution in [1.29, 1.82) is 0 Å². The number of amides is 2. The molecule has 1 aliphatic rings. The van der Waals surface area contributed by atoms with Gasteiger partial charge in [-0.1, -0.05) is 6.92 Å². The van der Waals surface area contributed by atoms with Crippen LogP contribution in [0.5, 0.6) is 0 Å². The summed E-state index contributed by atoms with van der Waals surface area (Å²) >= 11 is 0. The van der Waals surface area contributed by atoms with E-state index in [0.29, 0.717) is 18.9 Å². The quantitative estimate of drug-likeness (QED) is 0.844. The van der Waals surface area contributed by atoms with Gasteiger partial charge in [-0.25, -0.2) is 13.6 Å². The summed E-state index contributed by atoms with van der Waals surface area (Å²) in [6, 6.07) is 1.85. The second-order valence-corrected chi connectivity index (χ2v) is 6.00. The molecule has 1 aromatic carbocycles. The molecule has 1 fully saturated rings. The number of likely N-dealkylation sites (tertiary alicyclic amines) is 1. The summed E-state index contributed by atoms with van der Waals surface area (Å²) in [6.07, 6.45) is 0.995. The maximum absolute atomic E-state index is 13.7.